The van der Waals surface area contributed by atoms with E-state index in [0.717, 1.165) is 0 Å². The summed E-state index contributed by atoms with van der Waals surface area (Å²) in [6.45, 7) is -0.166. The molecule has 7 heteroatoms. The molecule has 0 spiro atoms. The van der Waals surface area contributed by atoms with E-state index in [0.29, 0.717) is 4.90 Å². The van der Waals surface area contributed by atoms with Gasteiger partial charge in [-0.15, -0.1) is 0 Å². The highest BCUT2D eigenvalue weighted by Gasteiger charge is 2.44. The zero-order chi connectivity index (χ0) is 10.9. The van der Waals surface area contributed by atoms with Gasteiger partial charge in [-0.3, -0.25) is 4.79 Å². The van der Waals surface area contributed by atoms with Crippen LogP contribution in [-0.4, -0.2) is 46.1 Å². The van der Waals surface area contributed by atoms with Gasteiger partial charge >= 0.3 is 12.1 Å². The highest BCUT2D eigenvalue weighted by Crippen LogP contribution is 2.24. The van der Waals surface area contributed by atoms with Gasteiger partial charge in [-0.05, 0) is 6.42 Å². The number of aliphatic hydroxyl groups is 1. The molecule has 1 aliphatic rings. The van der Waals surface area contributed by atoms with E-state index >= 15 is 0 Å². The summed E-state index contributed by atoms with van der Waals surface area (Å²) < 4.78 is 36.0. The van der Waals surface area contributed by atoms with E-state index in [1.807, 2.05) is 0 Å². The lowest BCUT2D eigenvalue weighted by molar-refractivity contribution is -0.187. The molecular formula is C7H9BrF3NO2. The Kier molecular flexibility index (Phi) is 3.41. The minimum atomic E-state index is -4.82. The molecule has 1 N–H and O–H groups in total. The number of likely N-dealkylation sites (tertiary alicyclic amines) is 1. The average Bonchev–Trinajstić information content (AvgIpc) is 2.07. The molecule has 0 aromatic heterocycles. The maximum absolute atomic E-state index is 12.0. The molecule has 0 aromatic carbocycles. The van der Waals surface area contributed by atoms with Crippen molar-refractivity contribution in [1.82, 2.24) is 4.90 Å². The fourth-order valence-electron chi connectivity index (χ4n) is 1.26. The van der Waals surface area contributed by atoms with Crippen molar-refractivity contribution in [2.75, 3.05) is 13.1 Å². The first-order valence-corrected chi connectivity index (χ1v) is 4.92. The molecule has 14 heavy (non-hydrogen) atoms. The number of amides is 1. The van der Waals surface area contributed by atoms with Crippen molar-refractivity contribution in [3.05, 3.63) is 0 Å². The number of alkyl halides is 4. The number of nitrogens with zero attached hydrogens (tertiary/aromatic N) is 1. The van der Waals surface area contributed by atoms with Crippen LogP contribution < -0.4 is 0 Å². The van der Waals surface area contributed by atoms with Crippen LogP contribution in [0.5, 0.6) is 0 Å². The molecule has 82 valence electrons. The Morgan fingerprint density at radius 1 is 1.50 bits per heavy atom. The largest absolute Gasteiger partial charge is 0.471 e. The lowest BCUT2D eigenvalue weighted by Gasteiger charge is -2.33. The van der Waals surface area contributed by atoms with Gasteiger partial charge in [0.2, 0.25) is 0 Å². The number of carbonyl (C=O) groups excluding carboxylic acids is 1. The van der Waals surface area contributed by atoms with E-state index < -0.39 is 23.0 Å². The molecule has 1 aliphatic heterocycles. The van der Waals surface area contributed by atoms with Crippen molar-refractivity contribution in [2.45, 2.75) is 23.5 Å². The Bertz CT molecular complexity index is 233. The Morgan fingerprint density at radius 3 is 2.50 bits per heavy atom. The second-order valence-corrected chi connectivity index (χ2v) is 4.30. The summed E-state index contributed by atoms with van der Waals surface area (Å²) in [5, 5.41) is 9.21. The topological polar surface area (TPSA) is 40.5 Å². The van der Waals surface area contributed by atoms with Crippen molar-refractivity contribution < 1.29 is 23.1 Å². The number of carbonyl (C=O) groups is 1. The van der Waals surface area contributed by atoms with Crippen molar-refractivity contribution in [3.8, 4) is 0 Å². The smallest absolute Gasteiger partial charge is 0.392 e. The van der Waals surface area contributed by atoms with Gasteiger partial charge in [0.05, 0.1) is 10.9 Å². The predicted octanol–water partition coefficient (Wildman–Crippen LogP) is 0.905. The molecule has 1 fully saturated rings. The van der Waals surface area contributed by atoms with E-state index in [-0.39, 0.29) is 19.5 Å². The number of hydrogen-bond acceptors (Lipinski definition) is 2. The Balaban J connectivity index is 2.59. The van der Waals surface area contributed by atoms with Crippen LogP contribution in [0.15, 0.2) is 0 Å². The van der Waals surface area contributed by atoms with Crippen LogP contribution in [0.2, 0.25) is 0 Å². The first-order chi connectivity index (χ1) is 6.32. The SMILES string of the molecule is O=C(N1CCC(O)C(Br)C1)C(F)(F)F. The number of rotatable bonds is 0. The third-order valence-corrected chi connectivity index (χ3v) is 2.94. The summed E-state index contributed by atoms with van der Waals surface area (Å²) in [6.07, 6.45) is -5.35. The Morgan fingerprint density at radius 2 is 2.07 bits per heavy atom. The molecule has 0 aliphatic carbocycles. The predicted molar refractivity (Wildman–Crippen MR) is 46.0 cm³/mol. The van der Waals surface area contributed by atoms with Crippen LogP contribution in [0.25, 0.3) is 0 Å². The van der Waals surface area contributed by atoms with Crippen molar-refractivity contribution >= 4 is 21.8 Å². The molecule has 2 unspecified atom stereocenters. The van der Waals surface area contributed by atoms with Crippen LogP contribution in [-0.2, 0) is 4.79 Å². The minimum absolute atomic E-state index is 0.0540. The van der Waals surface area contributed by atoms with Crippen molar-refractivity contribution in [1.29, 1.82) is 0 Å². The zero-order valence-electron chi connectivity index (χ0n) is 7.09. The maximum Gasteiger partial charge on any atom is 0.471 e. The summed E-state index contributed by atoms with van der Waals surface area (Å²) >= 11 is 3.02. The third kappa shape index (κ3) is 2.60. The summed E-state index contributed by atoms with van der Waals surface area (Å²) in [5.41, 5.74) is 0. The van der Waals surface area contributed by atoms with E-state index in [1.54, 1.807) is 0 Å². The van der Waals surface area contributed by atoms with Crippen molar-refractivity contribution in [3.63, 3.8) is 0 Å². The van der Waals surface area contributed by atoms with Crippen LogP contribution in [0.1, 0.15) is 6.42 Å². The molecule has 0 saturated carbocycles. The lowest BCUT2D eigenvalue weighted by Crippen LogP contribution is -2.50. The molecule has 0 bridgehead atoms. The quantitative estimate of drug-likeness (QED) is 0.668. The van der Waals surface area contributed by atoms with Gasteiger partial charge in [0.25, 0.3) is 0 Å². The van der Waals surface area contributed by atoms with Gasteiger partial charge in [0, 0.05) is 13.1 Å². The van der Waals surface area contributed by atoms with Crippen LogP contribution >= 0.6 is 15.9 Å². The second-order valence-electron chi connectivity index (χ2n) is 3.12. The molecule has 2 atom stereocenters. The minimum Gasteiger partial charge on any atom is -0.392 e. The monoisotopic (exact) mass is 275 g/mol. The van der Waals surface area contributed by atoms with E-state index in [9.17, 15) is 23.1 Å². The number of piperidine rings is 1. The summed E-state index contributed by atoms with van der Waals surface area (Å²) in [7, 11) is 0. The van der Waals surface area contributed by atoms with Crippen LogP contribution in [0.3, 0.4) is 0 Å². The van der Waals surface area contributed by atoms with E-state index in [2.05, 4.69) is 15.9 Å². The zero-order valence-corrected chi connectivity index (χ0v) is 8.68. The Hall–Kier alpha value is -0.300. The first-order valence-electron chi connectivity index (χ1n) is 4.00. The van der Waals surface area contributed by atoms with E-state index in [1.165, 1.54) is 0 Å². The summed E-state index contributed by atoms with van der Waals surface area (Å²) in [5.74, 6) is -1.84. The number of hydrogen-bond donors (Lipinski definition) is 1. The molecular weight excluding hydrogens is 267 g/mol. The fraction of sp³-hybridized carbons (Fsp3) is 0.857. The van der Waals surface area contributed by atoms with Gasteiger partial charge in [-0.2, -0.15) is 13.2 Å². The molecule has 1 heterocycles. The van der Waals surface area contributed by atoms with Gasteiger partial charge < -0.3 is 10.0 Å². The lowest BCUT2D eigenvalue weighted by atomic mass is 10.1. The maximum atomic E-state index is 12.0. The third-order valence-electron chi connectivity index (χ3n) is 2.04. The van der Waals surface area contributed by atoms with Gasteiger partial charge in [0.1, 0.15) is 0 Å². The van der Waals surface area contributed by atoms with E-state index in [4.69, 9.17) is 0 Å². The molecule has 1 amide bonds. The number of aliphatic hydroxyl groups excluding tert-OH is 1. The summed E-state index contributed by atoms with van der Waals surface area (Å²) in [6, 6.07) is 0. The highest BCUT2D eigenvalue weighted by atomic mass is 79.9. The standard InChI is InChI=1S/C7H9BrF3NO2/c8-4-3-12(2-1-5(4)13)6(14)7(9,10)11/h4-5,13H,1-3H2. The van der Waals surface area contributed by atoms with Crippen molar-refractivity contribution in [2.24, 2.45) is 0 Å². The molecule has 0 radical (unpaired) electrons. The molecule has 1 rings (SSSR count). The number of halogens is 4. The van der Waals surface area contributed by atoms with Crippen LogP contribution in [0, 0.1) is 0 Å². The normalized spacial score (nSPS) is 29.1. The fourth-order valence-corrected chi connectivity index (χ4v) is 1.87. The highest BCUT2D eigenvalue weighted by molar-refractivity contribution is 9.09. The molecule has 3 nitrogen and oxygen atoms in total. The molecule has 0 aromatic rings. The van der Waals surface area contributed by atoms with Gasteiger partial charge in [0.15, 0.2) is 0 Å². The van der Waals surface area contributed by atoms with Gasteiger partial charge in [-0.1, -0.05) is 15.9 Å². The summed E-state index contributed by atoms with van der Waals surface area (Å²) in [4.78, 5) is 11.0. The Labute approximate surface area is 87.0 Å². The molecule has 1 saturated heterocycles. The second kappa shape index (κ2) is 4.06. The average molecular weight is 276 g/mol. The van der Waals surface area contributed by atoms with Gasteiger partial charge in [-0.25, -0.2) is 0 Å². The van der Waals surface area contributed by atoms with Crippen LogP contribution in [0.4, 0.5) is 13.2 Å². The first kappa shape index (κ1) is 11.8.